The van der Waals surface area contributed by atoms with E-state index in [0.29, 0.717) is 11.3 Å². The van der Waals surface area contributed by atoms with E-state index in [1.54, 1.807) is 24.3 Å². The monoisotopic (exact) mass is 345 g/mol. The van der Waals surface area contributed by atoms with Crippen molar-refractivity contribution < 1.29 is 19.2 Å². The van der Waals surface area contributed by atoms with Crippen molar-refractivity contribution in [3.05, 3.63) is 29.8 Å². The fourth-order valence-electron chi connectivity index (χ4n) is 2.49. The first-order valence-corrected chi connectivity index (χ1v) is 8.45. The summed E-state index contributed by atoms with van der Waals surface area (Å²) in [6.45, 7) is 3.94. The van der Waals surface area contributed by atoms with Crippen LogP contribution in [0.1, 0.15) is 49.9 Å². The summed E-state index contributed by atoms with van der Waals surface area (Å²) in [7, 11) is 0. The van der Waals surface area contributed by atoms with Gasteiger partial charge in [0.25, 0.3) is 5.91 Å². The molecule has 0 aliphatic carbocycles. The largest absolute Gasteiger partial charge is 0.350 e. The van der Waals surface area contributed by atoms with Gasteiger partial charge in [-0.25, -0.2) is 0 Å². The van der Waals surface area contributed by atoms with Crippen molar-refractivity contribution in [2.45, 2.75) is 45.6 Å². The van der Waals surface area contributed by atoms with E-state index in [0.717, 1.165) is 11.3 Å². The Labute approximate surface area is 146 Å². The quantitative estimate of drug-likeness (QED) is 0.735. The molecule has 1 heterocycles. The summed E-state index contributed by atoms with van der Waals surface area (Å²) in [5, 5.41) is 5.55. The van der Waals surface area contributed by atoms with Crippen LogP contribution in [0.25, 0.3) is 0 Å². The molecule has 4 amide bonds. The van der Waals surface area contributed by atoms with Gasteiger partial charge in [0.05, 0.1) is 11.3 Å². The van der Waals surface area contributed by atoms with Gasteiger partial charge in [0.15, 0.2) is 0 Å². The Kier molecular flexibility index (Phi) is 6.27. The van der Waals surface area contributed by atoms with Gasteiger partial charge in [-0.3, -0.25) is 24.1 Å². The highest BCUT2D eigenvalue weighted by atomic mass is 16.2. The van der Waals surface area contributed by atoms with Gasteiger partial charge in [0, 0.05) is 31.8 Å². The lowest BCUT2D eigenvalue weighted by atomic mass is 10.1. The van der Waals surface area contributed by atoms with E-state index in [9.17, 15) is 19.2 Å². The number of hydrogen-bond acceptors (Lipinski definition) is 4. The topological polar surface area (TPSA) is 95.6 Å². The van der Waals surface area contributed by atoms with E-state index in [4.69, 9.17) is 0 Å². The minimum Gasteiger partial charge on any atom is -0.350 e. The number of para-hydroxylation sites is 1. The number of benzene rings is 1. The van der Waals surface area contributed by atoms with Crippen molar-refractivity contribution in [2.24, 2.45) is 0 Å². The lowest BCUT2D eigenvalue weighted by molar-refractivity contribution is -0.138. The molecule has 1 aliphatic heterocycles. The highest BCUT2D eigenvalue weighted by Crippen LogP contribution is 2.16. The van der Waals surface area contributed by atoms with Gasteiger partial charge in [-0.2, -0.15) is 0 Å². The van der Waals surface area contributed by atoms with Gasteiger partial charge in [-0.05, 0) is 25.5 Å². The predicted molar refractivity (Wildman–Crippen MR) is 92.9 cm³/mol. The molecular formula is C18H23N3O4. The smallest absolute Gasteiger partial charge is 0.253 e. The first-order chi connectivity index (χ1) is 11.9. The summed E-state index contributed by atoms with van der Waals surface area (Å²) < 4.78 is 0. The third kappa shape index (κ3) is 4.89. The summed E-state index contributed by atoms with van der Waals surface area (Å²) in [5.74, 6) is -1.09. The SMILES string of the molecule is CCC(C)NC(=O)c1ccccc1NC(=O)CCN1C(=O)CCC1=O. The summed E-state index contributed by atoms with van der Waals surface area (Å²) in [6.07, 6.45) is 1.22. The minimum atomic E-state index is -0.351. The zero-order valence-electron chi connectivity index (χ0n) is 14.5. The fourth-order valence-corrected chi connectivity index (χ4v) is 2.49. The van der Waals surface area contributed by atoms with Crippen molar-refractivity contribution in [3.63, 3.8) is 0 Å². The van der Waals surface area contributed by atoms with Gasteiger partial charge < -0.3 is 10.6 Å². The Morgan fingerprint density at radius 2 is 1.80 bits per heavy atom. The number of carbonyl (C=O) groups is 4. The molecule has 0 saturated carbocycles. The second-order valence-electron chi connectivity index (χ2n) is 6.07. The third-order valence-corrected chi connectivity index (χ3v) is 4.15. The number of amides is 4. The Morgan fingerprint density at radius 1 is 1.16 bits per heavy atom. The number of carbonyl (C=O) groups excluding carboxylic acids is 4. The molecule has 7 heteroatoms. The molecule has 1 saturated heterocycles. The minimum absolute atomic E-state index is 0.00119. The second kappa shape index (κ2) is 8.41. The van der Waals surface area contributed by atoms with Crippen LogP contribution in [0.2, 0.25) is 0 Å². The van der Waals surface area contributed by atoms with Crippen molar-refractivity contribution in [1.29, 1.82) is 0 Å². The van der Waals surface area contributed by atoms with Crippen molar-refractivity contribution in [3.8, 4) is 0 Å². The molecule has 1 aromatic carbocycles. The molecule has 1 aliphatic rings. The average Bonchev–Trinajstić information content (AvgIpc) is 2.91. The molecule has 0 bridgehead atoms. The summed E-state index contributed by atoms with van der Waals surface area (Å²) >= 11 is 0. The zero-order chi connectivity index (χ0) is 18.4. The Morgan fingerprint density at radius 3 is 2.44 bits per heavy atom. The van der Waals surface area contributed by atoms with E-state index < -0.39 is 0 Å². The van der Waals surface area contributed by atoms with Crippen LogP contribution >= 0.6 is 0 Å². The third-order valence-electron chi connectivity index (χ3n) is 4.15. The van der Waals surface area contributed by atoms with Crippen LogP contribution in [0, 0.1) is 0 Å². The van der Waals surface area contributed by atoms with E-state index in [1.165, 1.54) is 0 Å². The number of likely N-dealkylation sites (tertiary alicyclic amines) is 1. The zero-order valence-corrected chi connectivity index (χ0v) is 14.5. The maximum atomic E-state index is 12.3. The van der Waals surface area contributed by atoms with Gasteiger partial charge in [0.1, 0.15) is 0 Å². The summed E-state index contributed by atoms with van der Waals surface area (Å²) in [4.78, 5) is 48.7. The van der Waals surface area contributed by atoms with Crippen molar-refractivity contribution >= 4 is 29.3 Å². The number of rotatable bonds is 7. The van der Waals surface area contributed by atoms with Crippen molar-refractivity contribution in [1.82, 2.24) is 10.2 Å². The maximum Gasteiger partial charge on any atom is 0.253 e. The molecule has 0 spiro atoms. The first-order valence-electron chi connectivity index (χ1n) is 8.45. The van der Waals surface area contributed by atoms with Crippen LogP contribution < -0.4 is 10.6 Å². The van der Waals surface area contributed by atoms with Crippen LogP contribution in [0.3, 0.4) is 0 Å². The molecule has 1 atom stereocenters. The molecule has 7 nitrogen and oxygen atoms in total. The van der Waals surface area contributed by atoms with Gasteiger partial charge >= 0.3 is 0 Å². The maximum absolute atomic E-state index is 12.3. The molecule has 1 fully saturated rings. The molecule has 134 valence electrons. The van der Waals surface area contributed by atoms with E-state index in [2.05, 4.69) is 10.6 Å². The Bertz CT molecular complexity index is 671. The lowest BCUT2D eigenvalue weighted by Crippen LogP contribution is -2.33. The molecule has 1 unspecified atom stereocenters. The Balaban J connectivity index is 1.97. The highest BCUT2D eigenvalue weighted by molar-refractivity contribution is 6.05. The van der Waals surface area contributed by atoms with Crippen LogP contribution in [0.4, 0.5) is 5.69 Å². The van der Waals surface area contributed by atoms with Gasteiger partial charge in [-0.1, -0.05) is 19.1 Å². The average molecular weight is 345 g/mol. The fraction of sp³-hybridized carbons (Fsp3) is 0.444. The standard InChI is InChI=1S/C18H23N3O4/c1-3-12(2)19-18(25)13-6-4-5-7-14(13)20-15(22)10-11-21-16(23)8-9-17(21)24/h4-7,12H,3,8-11H2,1-2H3,(H,19,25)(H,20,22). The van der Waals surface area contributed by atoms with Crippen LogP contribution in [-0.4, -0.2) is 41.1 Å². The molecule has 2 N–H and O–H groups in total. The predicted octanol–water partition coefficient (Wildman–Crippen LogP) is 1.69. The number of imide groups is 1. The normalized spacial score (nSPS) is 15.2. The molecule has 25 heavy (non-hydrogen) atoms. The highest BCUT2D eigenvalue weighted by Gasteiger charge is 2.28. The van der Waals surface area contributed by atoms with E-state index in [-0.39, 0.29) is 55.5 Å². The number of nitrogens with zero attached hydrogens (tertiary/aromatic N) is 1. The molecule has 0 radical (unpaired) electrons. The molecule has 0 aromatic heterocycles. The van der Waals surface area contributed by atoms with Crippen LogP contribution in [0.5, 0.6) is 0 Å². The van der Waals surface area contributed by atoms with Gasteiger partial charge in [0.2, 0.25) is 17.7 Å². The summed E-state index contributed by atoms with van der Waals surface area (Å²) in [5.41, 5.74) is 0.789. The van der Waals surface area contributed by atoms with E-state index in [1.807, 2.05) is 13.8 Å². The Hall–Kier alpha value is -2.70. The molecule has 2 rings (SSSR count). The van der Waals surface area contributed by atoms with Crippen molar-refractivity contribution in [2.75, 3.05) is 11.9 Å². The number of anilines is 1. The second-order valence-corrected chi connectivity index (χ2v) is 6.07. The number of nitrogens with one attached hydrogen (secondary N) is 2. The molecular weight excluding hydrogens is 322 g/mol. The first kappa shape index (κ1) is 18.6. The van der Waals surface area contributed by atoms with Crippen LogP contribution in [0.15, 0.2) is 24.3 Å². The lowest BCUT2D eigenvalue weighted by Gasteiger charge is -2.16. The molecule has 1 aromatic rings. The van der Waals surface area contributed by atoms with Gasteiger partial charge in [-0.15, -0.1) is 0 Å². The number of hydrogen-bond donors (Lipinski definition) is 2. The summed E-state index contributed by atoms with van der Waals surface area (Å²) in [6, 6.07) is 6.77. The van der Waals surface area contributed by atoms with Crippen LogP contribution in [-0.2, 0) is 14.4 Å². The van der Waals surface area contributed by atoms with E-state index >= 15 is 0 Å².